The molecule has 1 aromatic rings. The predicted molar refractivity (Wildman–Crippen MR) is 78.8 cm³/mol. The molecular formula is C13H18INO3. The van der Waals surface area contributed by atoms with Crippen molar-refractivity contribution in [1.82, 2.24) is 4.90 Å². The van der Waals surface area contributed by atoms with Crippen molar-refractivity contribution < 1.29 is 14.3 Å². The molecule has 0 saturated carbocycles. The van der Waals surface area contributed by atoms with Gasteiger partial charge in [-0.25, -0.2) is 0 Å². The topological polar surface area (TPSA) is 38.8 Å². The van der Waals surface area contributed by atoms with Crippen LogP contribution in [-0.2, 0) is 9.47 Å². The van der Waals surface area contributed by atoms with Gasteiger partial charge in [0.25, 0.3) is 5.91 Å². The molecule has 0 atom stereocenters. The number of amides is 1. The first kappa shape index (κ1) is 15.4. The van der Waals surface area contributed by atoms with Crippen molar-refractivity contribution in [2.45, 2.75) is 0 Å². The number of ether oxygens (including phenoxy) is 2. The molecule has 0 aliphatic carbocycles. The summed E-state index contributed by atoms with van der Waals surface area (Å²) >= 11 is 2.20. The van der Waals surface area contributed by atoms with Crippen molar-refractivity contribution in [1.29, 1.82) is 0 Å². The van der Waals surface area contributed by atoms with Gasteiger partial charge in [0.15, 0.2) is 0 Å². The van der Waals surface area contributed by atoms with Crippen LogP contribution in [0.1, 0.15) is 10.4 Å². The Morgan fingerprint density at radius 2 is 1.83 bits per heavy atom. The van der Waals surface area contributed by atoms with Crippen LogP contribution >= 0.6 is 22.6 Å². The average Bonchev–Trinajstić information content (AvgIpc) is 2.38. The minimum atomic E-state index is 0.0163. The van der Waals surface area contributed by atoms with Crippen molar-refractivity contribution in [3.63, 3.8) is 0 Å². The van der Waals surface area contributed by atoms with E-state index in [0.717, 1.165) is 3.57 Å². The molecule has 4 nitrogen and oxygen atoms in total. The summed E-state index contributed by atoms with van der Waals surface area (Å²) in [6.45, 7) is 2.20. The minimum absolute atomic E-state index is 0.0163. The molecule has 0 N–H and O–H groups in total. The molecule has 0 heterocycles. The third-order valence-corrected chi connectivity index (χ3v) is 3.16. The summed E-state index contributed by atoms with van der Waals surface area (Å²) in [5.74, 6) is 0.0163. The van der Waals surface area contributed by atoms with Crippen LogP contribution in [-0.4, -0.2) is 51.3 Å². The molecular weight excluding hydrogens is 345 g/mol. The molecule has 0 fully saturated rings. The zero-order chi connectivity index (χ0) is 13.4. The molecule has 0 spiro atoms. The molecule has 0 saturated heterocycles. The van der Waals surface area contributed by atoms with Gasteiger partial charge in [0.05, 0.1) is 13.2 Å². The molecule has 100 valence electrons. The second kappa shape index (κ2) is 8.44. The SMILES string of the molecule is COCCN(CCOC)C(=O)c1cccc(I)c1. The lowest BCUT2D eigenvalue weighted by atomic mass is 10.2. The fraction of sp³-hybridized carbons (Fsp3) is 0.462. The largest absolute Gasteiger partial charge is 0.383 e. The maximum Gasteiger partial charge on any atom is 0.254 e. The molecule has 0 radical (unpaired) electrons. The summed E-state index contributed by atoms with van der Waals surface area (Å²) in [5.41, 5.74) is 0.703. The zero-order valence-electron chi connectivity index (χ0n) is 10.7. The summed E-state index contributed by atoms with van der Waals surface area (Å²) in [7, 11) is 3.26. The van der Waals surface area contributed by atoms with Gasteiger partial charge in [-0.1, -0.05) is 6.07 Å². The van der Waals surface area contributed by atoms with Crippen molar-refractivity contribution in [2.24, 2.45) is 0 Å². The van der Waals surface area contributed by atoms with Gasteiger partial charge in [-0.2, -0.15) is 0 Å². The maximum absolute atomic E-state index is 12.3. The van der Waals surface area contributed by atoms with Crippen molar-refractivity contribution >= 4 is 28.5 Å². The highest BCUT2D eigenvalue weighted by molar-refractivity contribution is 14.1. The summed E-state index contributed by atoms with van der Waals surface area (Å²) in [5, 5.41) is 0. The Bertz CT molecular complexity index is 376. The van der Waals surface area contributed by atoms with E-state index >= 15 is 0 Å². The fourth-order valence-corrected chi connectivity index (χ4v) is 2.07. The first-order chi connectivity index (χ1) is 8.69. The van der Waals surface area contributed by atoms with E-state index in [1.165, 1.54) is 0 Å². The van der Waals surface area contributed by atoms with Crippen LogP contribution in [0.5, 0.6) is 0 Å². The zero-order valence-corrected chi connectivity index (χ0v) is 12.8. The van der Waals surface area contributed by atoms with E-state index in [0.29, 0.717) is 31.9 Å². The number of halogens is 1. The molecule has 1 aromatic carbocycles. The standard InChI is InChI=1S/C13H18INO3/c1-17-8-6-15(7-9-18-2)13(16)11-4-3-5-12(14)10-11/h3-5,10H,6-9H2,1-2H3. The van der Waals surface area contributed by atoms with E-state index in [2.05, 4.69) is 22.6 Å². The Morgan fingerprint density at radius 3 is 2.33 bits per heavy atom. The lowest BCUT2D eigenvalue weighted by Gasteiger charge is -2.22. The molecule has 1 rings (SSSR count). The number of benzene rings is 1. The number of nitrogens with zero attached hydrogens (tertiary/aromatic N) is 1. The Kier molecular flexibility index (Phi) is 7.22. The van der Waals surface area contributed by atoms with Gasteiger partial charge >= 0.3 is 0 Å². The first-order valence-electron chi connectivity index (χ1n) is 5.71. The Hall–Kier alpha value is -0.660. The first-order valence-corrected chi connectivity index (χ1v) is 6.79. The molecule has 5 heteroatoms. The highest BCUT2D eigenvalue weighted by atomic mass is 127. The van der Waals surface area contributed by atoms with Crippen LogP contribution in [0, 0.1) is 3.57 Å². The second-order valence-corrected chi connectivity index (χ2v) is 5.03. The number of hydrogen-bond acceptors (Lipinski definition) is 3. The van der Waals surface area contributed by atoms with Crippen molar-refractivity contribution in [3.8, 4) is 0 Å². The monoisotopic (exact) mass is 363 g/mol. The van der Waals surface area contributed by atoms with E-state index in [1.54, 1.807) is 19.1 Å². The number of hydrogen-bond donors (Lipinski definition) is 0. The highest BCUT2D eigenvalue weighted by Crippen LogP contribution is 2.10. The molecule has 0 bridgehead atoms. The molecule has 18 heavy (non-hydrogen) atoms. The third-order valence-electron chi connectivity index (χ3n) is 2.49. The lowest BCUT2D eigenvalue weighted by Crippen LogP contribution is -2.36. The summed E-state index contributed by atoms with van der Waals surface area (Å²) in [4.78, 5) is 14.1. The van der Waals surface area contributed by atoms with Crippen LogP contribution < -0.4 is 0 Å². The van der Waals surface area contributed by atoms with Gasteiger partial charge < -0.3 is 14.4 Å². The van der Waals surface area contributed by atoms with Gasteiger partial charge in [0.2, 0.25) is 0 Å². The van der Waals surface area contributed by atoms with Crippen LogP contribution in [0.15, 0.2) is 24.3 Å². The Labute approximate surface area is 121 Å². The van der Waals surface area contributed by atoms with Gasteiger partial charge in [0, 0.05) is 36.4 Å². The molecule has 1 amide bonds. The molecule has 0 aromatic heterocycles. The summed E-state index contributed by atoms with van der Waals surface area (Å²) in [6, 6.07) is 7.57. The number of carbonyl (C=O) groups excluding carboxylic acids is 1. The van der Waals surface area contributed by atoms with Crippen LogP contribution in [0.4, 0.5) is 0 Å². The third kappa shape index (κ3) is 4.91. The van der Waals surface area contributed by atoms with E-state index in [1.807, 2.05) is 24.3 Å². The van der Waals surface area contributed by atoms with Gasteiger partial charge in [-0.05, 0) is 40.8 Å². The molecule has 0 aliphatic rings. The van der Waals surface area contributed by atoms with Gasteiger partial charge in [-0.3, -0.25) is 4.79 Å². The Morgan fingerprint density at radius 1 is 1.22 bits per heavy atom. The smallest absolute Gasteiger partial charge is 0.254 e. The number of rotatable bonds is 7. The lowest BCUT2D eigenvalue weighted by molar-refractivity contribution is 0.0627. The van der Waals surface area contributed by atoms with Crippen LogP contribution in [0.25, 0.3) is 0 Å². The molecule has 0 unspecified atom stereocenters. The minimum Gasteiger partial charge on any atom is -0.383 e. The Balaban J connectivity index is 2.73. The molecule has 0 aliphatic heterocycles. The van der Waals surface area contributed by atoms with E-state index in [4.69, 9.17) is 9.47 Å². The van der Waals surface area contributed by atoms with Crippen molar-refractivity contribution in [3.05, 3.63) is 33.4 Å². The van der Waals surface area contributed by atoms with Crippen molar-refractivity contribution in [2.75, 3.05) is 40.5 Å². The summed E-state index contributed by atoms with van der Waals surface area (Å²) < 4.78 is 11.1. The van der Waals surface area contributed by atoms with E-state index in [-0.39, 0.29) is 5.91 Å². The number of methoxy groups -OCH3 is 2. The quantitative estimate of drug-likeness (QED) is 0.696. The fourth-order valence-electron chi connectivity index (χ4n) is 1.52. The van der Waals surface area contributed by atoms with Crippen LogP contribution in [0.2, 0.25) is 0 Å². The van der Waals surface area contributed by atoms with Crippen LogP contribution in [0.3, 0.4) is 0 Å². The van der Waals surface area contributed by atoms with Gasteiger partial charge in [-0.15, -0.1) is 0 Å². The van der Waals surface area contributed by atoms with E-state index < -0.39 is 0 Å². The highest BCUT2D eigenvalue weighted by Gasteiger charge is 2.15. The normalized spacial score (nSPS) is 10.4. The predicted octanol–water partition coefficient (Wildman–Crippen LogP) is 2.03. The maximum atomic E-state index is 12.3. The summed E-state index contributed by atoms with van der Waals surface area (Å²) in [6.07, 6.45) is 0. The van der Waals surface area contributed by atoms with Gasteiger partial charge in [0.1, 0.15) is 0 Å². The average molecular weight is 363 g/mol. The second-order valence-electron chi connectivity index (χ2n) is 3.79. The van der Waals surface area contributed by atoms with E-state index in [9.17, 15) is 4.79 Å². The number of carbonyl (C=O) groups is 1.